The van der Waals surface area contributed by atoms with Crippen LogP contribution in [0.5, 0.6) is 5.75 Å². The van der Waals surface area contributed by atoms with E-state index in [1.165, 1.54) is 6.92 Å². The largest absolute Gasteiger partial charge is 0.496 e. The van der Waals surface area contributed by atoms with Crippen molar-refractivity contribution in [2.24, 2.45) is 4.99 Å². The highest BCUT2D eigenvalue weighted by molar-refractivity contribution is 6.00. The second kappa shape index (κ2) is 4.05. The van der Waals surface area contributed by atoms with Crippen LogP contribution in [0.15, 0.2) is 17.1 Å². The first-order valence-corrected chi connectivity index (χ1v) is 4.27. The third kappa shape index (κ3) is 1.66. The Kier molecular flexibility index (Phi) is 3.02. The zero-order chi connectivity index (χ0) is 10.7. The number of carbonyl (C=O) groups is 1. The van der Waals surface area contributed by atoms with Crippen LogP contribution in [0.3, 0.4) is 0 Å². The van der Waals surface area contributed by atoms with Gasteiger partial charge in [-0.1, -0.05) is 0 Å². The number of nitrogens with zero attached hydrogens (tertiary/aromatic N) is 1. The van der Waals surface area contributed by atoms with E-state index in [9.17, 15) is 4.79 Å². The fourth-order valence-corrected chi connectivity index (χ4v) is 1.39. The van der Waals surface area contributed by atoms with Gasteiger partial charge in [-0.25, -0.2) is 0 Å². The van der Waals surface area contributed by atoms with E-state index >= 15 is 0 Å². The predicted molar refractivity (Wildman–Crippen MR) is 56.9 cm³/mol. The summed E-state index contributed by atoms with van der Waals surface area (Å²) in [5, 5.41) is 0. The molecule has 14 heavy (non-hydrogen) atoms. The molecule has 1 aromatic carbocycles. The number of ketones is 1. The quantitative estimate of drug-likeness (QED) is 0.544. The molecule has 0 radical (unpaired) electrons. The summed E-state index contributed by atoms with van der Waals surface area (Å²) in [7, 11) is 1.59. The molecule has 0 spiro atoms. The summed E-state index contributed by atoms with van der Waals surface area (Å²) >= 11 is 0. The van der Waals surface area contributed by atoms with E-state index in [-0.39, 0.29) is 5.78 Å². The number of carbonyl (C=O) groups excluding carboxylic acids is 1. The van der Waals surface area contributed by atoms with Gasteiger partial charge in [0.2, 0.25) is 0 Å². The predicted octanol–water partition coefficient (Wildman–Crippen LogP) is 2.54. The minimum Gasteiger partial charge on any atom is -0.496 e. The van der Waals surface area contributed by atoms with E-state index in [2.05, 4.69) is 11.7 Å². The van der Waals surface area contributed by atoms with E-state index in [1.807, 2.05) is 6.92 Å². The number of ether oxygens (including phenoxy) is 1. The van der Waals surface area contributed by atoms with Crippen molar-refractivity contribution in [3.8, 4) is 5.75 Å². The first-order chi connectivity index (χ1) is 6.61. The Balaban J connectivity index is 3.43. The molecule has 0 atom stereocenters. The molecule has 0 saturated heterocycles. The lowest BCUT2D eigenvalue weighted by Crippen LogP contribution is -1.96. The molecule has 74 valence electrons. The van der Waals surface area contributed by atoms with E-state index in [4.69, 9.17) is 4.74 Å². The van der Waals surface area contributed by atoms with Crippen molar-refractivity contribution in [2.45, 2.75) is 13.8 Å². The van der Waals surface area contributed by atoms with E-state index in [1.54, 1.807) is 19.2 Å². The van der Waals surface area contributed by atoms with Gasteiger partial charge in [-0.2, -0.15) is 0 Å². The summed E-state index contributed by atoms with van der Waals surface area (Å²) in [6.45, 7) is 6.82. The van der Waals surface area contributed by atoms with Crippen LogP contribution in [0, 0.1) is 6.92 Å². The van der Waals surface area contributed by atoms with Crippen molar-refractivity contribution in [3.63, 3.8) is 0 Å². The molecule has 0 aliphatic heterocycles. The monoisotopic (exact) mass is 191 g/mol. The third-order valence-electron chi connectivity index (χ3n) is 2.14. The molecule has 0 heterocycles. The molecule has 0 N–H and O–H groups in total. The van der Waals surface area contributed by atoms with Gasteiger partial charge in [0.05, 0.1) is 12.8 Å². The standard InChI is InChI=1S/C11H13NO2/c1-7-10(14-4)6-5-9(8(2)13)11(7)12-3/h5-6H,3H2,1-2,4H3. The lowest BCUT2D eigenvalue weighted by Gasteiger charge is -2.09. The Morgan fingerprint density at radius 1 is 1.50 bits per heavy atom. The van der Waals surface area contributed by atoms with Crippen LogP contribution in [0.4, 0.5) is 5.69 Å². The van der Waals surface area contributed by atoms with Gasteiger partial charge in [0.1, 0.15) is 5.75 Å². The maximum absolute atomic E-state index is 11.2. The first-order valence-electron chi connectivity index (χ1n) is 4.27. The molecule has 0 aliphatic rings. The zero-order valence-corrected chi connectivity index (χ0v) is 8.63. The number of rotatable bonds is 3. The second-order valence-electron chi connectivity index (χ2n) is 3.00. The molecule has 1 aromatic rings. The molecule has 0 unspecified atom stereocenters. The van der Waals surface area contributed by atoms with Crippen LogP contribution in [0.2, 0.25) is 0 Å². The topological polar surface area (TPSA) is 38.7 Å². The Morgan fingerprint density at radius 2 is 2.14 bits per heavy atom. The van der Waals surface area contributed by atoms with Crippen molar-refractivity contribution < 1.29 is 9.53 Å². The minimum absolute atomic E-state index is 0.0156. The van der Waals surface area contributed by atoms with Crippen molar-refractivity contribution >= 4 is 18.2 Å². The number of benzene rings is 1. The first kappa shape index (κ1) is 10.4. The molecule has 0 bridgehead atoms. The Labute approximate surface area is 83.4 Å². The van der Waals surface area contributed by atoms with Crippen molar-refractivity contribution in [1.82, 2.24) is 0 Å². The average Bonchev–Trinajstić information content (AvgIpc) is 2.17. The number of Topliss-reactive ketones (excluding diaryl/α,β-unsaturated/α-hetero) is 1. The number of methoxy groups -OCH3 is 1. The average molecular weight is 191 g/mol. The third-order valence-corrected chi connectivity index (χ3v) is 2.14. The van der Waals surface area contributed by atoms with Crippen LogP contribution >= 0.6 is 0 Å². The highest BCUT2D eigenvalue weighted by atomic mass is 16.5. The molecule has 3 nitrogen and oxygen atoms in total. The van der Waals surface area contributed by atoms with Crippen LogP contribution in [0.1, 0.15) is 22.8 Å². The normalized spacial score (nSPS) is 9.64. The summed E-state index contributed by atoms with van der Waals surface area (Å²) in [4.78, 5) is 15.1. The number of hydrogen-bond acceptors (Lipinski definition) is 3. The fraction of sp³-hybridized carbons (Fsp3) is 0.273. The maximum atomic E-state index is 11.2. The van der Waals surface area contributed by atoms with Gasteiger partial charge in [0.15, 0.2) is 5.78 Å². The van der Waals surface area contributed by atoms with Crippen molar-refractivity contribution in [3.05, 3.63) is 23.3 Å². The summed E-state index contributed by atoms with van der Waals surface area (Å²) in [5.41, 5.74) is 2.03. The highest BCUT2D eigenvalue weighted by Crippen LogP contribution is 2.31. The van der Waals surface area contributed by atoms with Crippen LogP contribution in [0.25, 0.3) is 0 Å². The van der Waals surface area contributed by atoms with E-state index in [0.29, 0.717) is 11.3 Å². The Morgan fingerprint density at radius 3 is 2.57 bits per heavy atom. The second-order valence-corrected chi connectivity index (χ2v) is 3.00. The zero-order valence-electron chi connectivity index (χ0n) is 8.63. The van der Waals surface area contributed by atoms with Crippen LogP contribution in [-0.4, -0.2) is 19.6 Å². The van der Waals surface area contributed by atoms with Gasteiger partial charge in [-0.05, 0) is 32.7 Å². The van der Waals surface area contributed by atoms with Gasteiger partial charge < -0.3 is 4.74 Å². The Hall–Kier alpha value is -1.64. The van der Waals surface area contributed by atoms with Gasteiger partial charge in [0.25, 0.3) is 0 Å². The summed E-state index contributed by atoms with van der Waals surface area (Å²) in [6, 6.07) is 3.47. The lowest BCUT2D eigenvalue weighted by molar-refractivity contribution is 0.101. The maximum Gasteiger partial charge on any atom is 0.161 e. The Bertz CT molecular complexity index is 383. The van der Waals surface area contributed by atoms with Crippen molar-refractivity contribution in [2.75, 3.05) is 7.11 Å². The molecule has 1 rings (SSSR count). The van der Waals surface area contributed by atoms with Crippen molar-refractivity contribution in [1.29, 1.82) is 0 Å². The van der Waals surface area contributed by atoms with Gasteiger partial charge in [-0.15, -0.1) is 0 Å². The SMILES string of the molecule is C=Nc1c(C(C)=O)ccc(OC)c1C. The smallest absolute Gasteiger partial charge is 0.161 e. The van der Waals surface area contributed by atoms with Gasteiger partial charge in [-0.3, -0.25) is 9.79 Å². The molecular weight excluding hydrogens is 178 g/mol. The van der Waals surface area contributed by atoms with Crippen LogP contribution < -0.4 is 4.74 Å². The van der Waals surface area contributed by atoms with Gasteiger partial charge in [0, 0.05) is 11.1 Å². The summed E-state index contributed by atoms with van der Waals surface area (Å²) in [6.07, 6.45) is 0. The molecular formula is C11H13NO2. The number of aliphatic imine (C=N–C) groups is 1. The van der Waals surface area contributed by atoms with Gasteiger partial charge >= 0.3 is 0 Å². The molecule has 0 aromatic heterocycles. The fourth-order valence-electron chi connectivity index (χ4n) is 1.39. The molecule has 0 saturated carbocycles. The summed E-state index contributed by atoms with van der Waals surface area (Å²) < 4.78 is 5.12. The lowest BCUT2D eigenvalue weighted by atomic mass is 10.0. The molecule has 0 aliphatic carbocycles. The molecule has 0 fully saturated rings. The molecule has 3 heteroatoms. The highest BCUT2D eigenvalue weighted by Gasteiger charge is 2.11. The molecule has 0 amide bonds. The summed E-state index contributed by atoms with van der Waals surface area (Å²) in [5.74, 6) is 0.704. The van der Waals surface area contributed by atoms with E-state index in [0.717, 1.165) is 11.3 Å². The minimum atomic E-state index is -0.0156. The number of hydrogen-bond donors (Lipinski definition) is 0. The van der Waals surface area contributed by atoms with E-state index < -0.39 is 0 Å². The van der Waals surface area contributed by atoms with Crippen LogP contribution in [-0.2, 0) is 0 Å².